The summed E-state index contributed by atoms with van der Waals surface area (Å²) in [4.78, 5) is 30.1. The number of amides is 1. The van der Waals surface area contributed by atoms with Crippen molar-refractivity contribution < 1.29 is 9.53 Å². The zero-order valence-corrected chi connectivity index (χ0v) is 17.1. The van der Waals surface area contributed by atoms with Gasteiger partial charge in [0.1, 0.15) is 5.75 Å². The summed E-state index contributed by atoms with van der Waals surface area (Å²) in [6, 6.07) is 5.77. The molecule has 1 aliphatic carbocycles. The van der Waals surface area contributed by atoms with Crippen molar-refractivity contribution in [2.45, 2.75) is 58.6 Å². The quantitative estimate of drug-likeness (QED) is 0.837. The Hall–Kier alpha value is -2.27. The predicted octanol–water partition coefficient (Wildman–Crippen LogP) is 4.17. The number of aryl methyl sites for hydroxylation is 2. The van der Waals surface area contributed by atoms with E-state index in [0.717, 1.165) is 29.7 Å². The Kier molecular flexibility index (Phi) is 5.19. The predicted molar refractivity (Wildman–Crippen MR) is 109 cm³/mol. The molecule has 0 atom stereocenters. The van der Waals surface area contributed by atoms with E-state index in [-0.39, 0.29) is 24.1 Å². The normalized spacial score (nSPS) is 17.1. The minimum absolute atomic E-state index is 0.137. The van der Waals surface area contributed by atoms with Crippen LogP contribution in [0.25, 0.3) is 0 Å². The van der Waals surface area contributed by atoms with E-state index in [1.165, 1.54) is 12.8 Å². The Labute approximate surface area is 169 Å². The average Bonchev–Trinajstić information content (AvgIpc) is 3.15. The number of aromatic amines is 1. The summed E-state index contributed by atoms with van der Waals surface area (Å²) >= 11 is 6.61. The van der Waals surface area contributed by atoms with Crippen molar-refractivity contribution in [1.29, 1.82) is 0 Å². The molecule has 0 radical (unpaired) electrons. The number of hydrogen-bond acceptors (Lipinski definition) is 3. The van der Waals surface area contributed by atoms with Crippen molar-refractivity contribution in [3.63, 3.8) is 0 Å². The first kappa shape index (κ1) is 19.1. The fourth-order valence-electron chi connectivity index (χ4n) is 4.25. The van der Waals surface area contributed by atoms with E-state index in [4.69, 9.17) is 16.3 Å². The highest BCUT2D eigenvalue weighted by Crippen LogP contribution is 2.36. The first-order chi connectivity index (χ1) is 13.4. The van der Waals surface area contributed by atoms with E-state index in [1.807, 2.05) is 32.0 Å². The third kappa shape index (κ3) is 3.55. The molecule has 4 rings (SSSR count). The van der Waals surface area contributed by atoms with Gasteiger partial charge in [0.25, 0.3) is 11.5 Å². The molecule has 5 nitrogen and oxygen atoms in total. The zero-order valence-electron chi connectivity index (χ0n) is 16.3. The van der Waals surface area contributed by atoms with Crippen molar-refractivity contribution in [1.82, 2.24) is 9.88 Å². The molecule has 1 saturated carbocycles. The lowest BCUT2D eigenvalue weighted by atomic mass is 9.97. The van der Waals surface area contributed by atoms with Gasteiger partial charge in [-0.25, -0.2) is 0 Å². The lowest BCUT2D eigenvalue weighted by molar-refractivity contribution is 0.0725. The van der Waals surface area contributed by atoms with Gasteiger partial charge >= 0.3 is 0 Å². The van der Waals surface area contributed by atoms with Crippen molar-refractivity contribution in [3.8, 4) is 5.75 Å². The van der Waals surface area contributed by atoms with Gasteiger partial charge in [0.2, 0.25) is 0 Å². The zero-order chi connectivity index (χ0) is 19.8. The number of fused-ring (bicyclic) bond motifs is 1. The summed E-state index contributed by atoms with van der Waals surface area (Å²) in [6.07, 6.45) is 5.30. The van der Waals surface area contributed by atoms with E-state index >= 15 is 0 Å². The minimum atomic E-state index is -0.138. The number of hydrogen-bond donors (Lipinski definition) is 1. The second-order valence-corrected chi connectivity index (χ2v) is 8.23. The van der Waals surface area contributed by atoms with Gasteiger partial charge in [-0.1, -0.05) is 17.7 Å². The molecule has 6 heteroatoms. The van der Waals surface area contributed by atoms with Crippen molar-refractivity contribution in [2.24, 2.45) is 0 Å². The number of nitrogens with zero attached hydrogens (tertiary/aromatic N) is 1. The number of carbonyl (C=O) groups is 1. The highest BCUT2D eigenvalue weighted by Gasteiger charge is 2.30. The van der Waals surface area contributed by atoms with E-state index in [0.29, 0.717) is 34.9 Å². The molecule has 28 heavy (non-hydrogen) atoms. The number of ether oxygens (including phenoxy) is 1. The smallest absolute Gasteiger partial charge is 0.256 e. The Balaban J connectivity index is 1.61. The van der Waals surface area contributed by atoms with Crippen molar-refractivity contribution >= 4 is 17.5 Å². The lowest BCUT2D eigenvalue weighted by Gasteiger charge is -2.30. The molecular weight excluding hydrogens is 376 g/mol. The lowest BCUT2D eigenvalue weighted by Crippen LogP contribution is -2.39. The molecule has 148 valence electrons. The molecule has 0 spiro atoms. The van der Waals surface area contributed by atoms with E-state index in [1.54, 1.807) is 4.90 Å². The maximum atomic E-state index is 13.2. The van der Waals surface area contributed by atoms with Gasteiger partial charge in [-0.05, 0) is 69.2 Å². The monoisotopic (exact) mass is 400 g/mol. The van der Waals surface area contributed by atoms with Crippen LogP contribution in [0, 0.1) is 13.8 Å². The molecule has 1 amide bonds. The molecule has 1 fully saturated rings. The number of H-pyrrole nitrogens is 1. The van der Waals surface area contributed by atoms with E-state index in [9.17, 15) is 9.59 Å². The van der Waals surface area contributed by atoms with Gasteiger partial charge in [-0.2, -0.15) is 0 Å². The highest BCUT2D eigenvalue weighted by atomic mass is 35.5. The average molecular weight is 401 g/mol. The van der Waals surface area contributed by atoms with Crippen LogP contribution < -0.4 is 10.3 Å². The number of carbonyl (C=O) groups excluding carboxylic acids is 1. The Morgan fingerprint density at radius 3 is 2.68 bits per heavy atom. The second-order valence-electron chi connectivity index (χ2n) is 7.86. The Bertz CT molecular complexity index is 976. The summed E-state index contributed by atoms with van der Waals surface area (Å²) in [5.74, 6) is 0.453. The number of pyridine rings is 1. The summed E-state index contributed by atoms with van der Waals surface area (Å²) in [7, 11) is 0. The van der Waals surface area contributed by atoms with Crippen molar-refractivity contribution in [2.75, 3.05) is 6.54 Å². The van der Waals surface area contributed by atoms with Gasteiger partial charge in [0.15, 0.2) is 0 Å². The second kappa shape index (κ2) is 7.63. The Morgan fingerprint density at radius 1 is 1.21 bits per heavy atom. The maximum absolute atomic E-state index is 13.2. The van der Waals surface area contributed by atoms with Crippen LogP contribution in [-0.4, -0.2) is 28.4 Å². The van der Waals surface area contributed by atoms with Gasteiger partial charge in [0.05, 0.1) is 23.2 Å². The largest absolute Gasteiger partial charge is 0.489 e. The van der Waals surface area contributed by atoms with E-state index in [2.05, 4.69) is 4.98 Å². The van der Waals surface area contributed by atoms with Gasteiger partial charge in [-0.15, -0.1) is 0 Å². The van der Waals surface area contributed by atoms with Crippen LogP contribution in [0.15, 0.2) is 23.0 Å². The van der Waals surface area contributed by atoms with Crippen LogP contribution in [0.1, 0.15) is 58.4 Å². The van der Waals surface area contributed by atoms with Crippen molar-refractivity contribution in [3.05, 3.63) is 61.5 Å². The maximum Gasteiger partial charge on any atom is 0.256 e. The third-order valence-corrected chi connectivity index (χ3v) is 6.16. The molecule has 1 aromatic carbocycles. The molecule has 1 N–H and O–H groups in total. The molecular formula is C22H25ClN2O3. The number of nitrogens with one attached hydrogen (secondary N) is 1. The highest BCUT2D eigenvalue weighted by molar-refractivity contribution is 6.35. The number of halogens is 1. The molecule has 0 saturated heterocycles. The first-order valence-electron chi connectivity index (χ1n) is 9.90. The van der Waals surface area contributed by atoms with Crippen LogP contribution in [0.5, 0.6) is 5.75 Å². The summed E-state index contributed by atoms with van der Waals surface area (Å²) in [5.41, 5.74) is 3.66. The van der Waals surface area contributed by atoms with Crippen LogP contribution in [0.2, 0.25) is 5.02 Å². The molecule has 2 aliphatic rings. The molecule has 2 heterocycles. The fourth-order valence-corrected chi connectivity index (χ4v) is 4.56. The summed E-state index contributed by atoms with van der Waals surface area (Å²) < 4.78 is 6.07. The molecule has 1 aliphatic heterocycles. The van der Waals surface area contributed by atoms with Crippen LogP contribution in [-0.2, 0) is 13.0 Å². The number of benzene rings is 1. The van der Waals surface area contributed by atoms with Crippen LogP contribution >= 0.6 is 11.6 Å². The molecule has 1 aromatic heterocycles. The van der Waals surface area contributed by atoms with Gasteiger partial charge in [-0.3, -0.25) is 9.59 Å². The molecule has 0 bridgehead atoms. The topological polar surface area (TPSA) is 62.4 Å². The molecule has 2 aromatic rings. The molecule has 0 unspecified atom stereocenters. The van der Waals surface area contributed by atoms with Gasteiger partial charge in [0, 0.05) is 17.8 Å². The minimum Gasteiger partial charge on any atom is -0.489 e. The van der Waals surface area contributed by atoms with Crippen LogP contribution in [0.4, 0.5) is 0 Å². The number of aromatic nitrogens is 1. The van der Waals surface area contributed by atoms with E-state index < -0.39 is 0 Å². The Morgan fingerprint density at radius 2 is 1.96 bits per heavy atom. The first-order valence-corrected chi connectivity index (χ1v) is 10.3. The SMILES string of the molecule is Cc1cc(C)c(CN2CCc3ccc(OC4CCCC4)c(Cl)c3C2=O)c(=O)[nH]1. The third-order valence-electron chi connectivity index (χ3n) is 5.78. The fraction of sp³-hybridized carbons (Fsp3) is 0.455. The summed E-state index contributed by atoms with van der Waals surface area (Å²) in [5, 5.41) is 0.397. The van der Waals surface area contributed by atoms with Gasteiger partial charge < -0.3 is 14.6 Å². The standard InChI is InChI=1S/C22H25ClN2O3/c1-13-11-14(2)24-21(26)17(13)12-25-10-9-15-7-8-18(20(23)19(15)22(25)27)28-16-5-3-4-6-16/h7-8,11,16H,3-6,9-10,12H2,1-2H3,(H,24,26). The van der Waals surface area contributed by atoms with Crippen LogP contribution in [0.3, 0.4) is 0 Å². The summed E-state index contributed by atoms with van der Waals surface area (Å²) in [6.45, 7) is 4.61. The number of rotatable bonds is 4.